The van der Waals surface area contributed by atoms with Crippen molar-refractivity contribution in [1.29, 1.82) is 0 Å². The number of aromatic nitrogens is 4. The zero-order valence-corrected chi connectivity index (χ0v) is 50.3. The van der Waals surface area contributed by atoms with Crippen LogP contribution in [0.5, 0.6) is 0 Å². The minimum Gasteiger partial charge on any atom is -0.465 e. The Morgan fingerprint density at radius 3 is 0.728 bits per heavy atom. The first-order valence-electron chi connectivity index (χ1n) is 29.2. The summed E-state index contributed by atoms with van der Waals surface area (Å²) < 4.78 is 20.4. The molecule has 0 saturated carbocycles. The average Bonchev–Trinajstić information content (AvgIpc) is 2.02. The van der Waals surface area contributed by atoms with Crippen LogP contribution in [0.25, 0.3) is 135 Å². The number of fused-ring (bicyclic) bond motifs is 8. The van der Waals surface area contributed by atoms with Crippen molar-refractivity contribution in [3.05, 3.63) is 239 Å². The number of nitrogens with two attached hydrogens (primary N) is 4. The number of nitrogen functional groups attached to an aromatic ring is 4. The number of H-pyrrole nitrogens is 2. The second kappa shape index (κ2) is 24.2. The molecule has 8 bridgehead atoms. The van der Waals surface area contributed by atoms with Crippen molar-refractivity contribution >= 4 is 93.0 Å². The molecule has 0 saturated heterocycles. The van der Waals surface area contributed by atoms with Gasteiger partial charge < -0.3 is 51.9 Å². The number of anilines is 4. The molecule has 13 rings (SSSR count). The zero-order valence-electron chi connectivity index (χ0n) is 50.3. The van der Waals surface area contributed by atoms with E-state index in [1.165, 1.54) is 28.4 Å². The monoisotopic (exact) mass is 1210 g/mol. The number of carbonyl (C=O) groups excluding carboxylic acids is 4. The summed E-state index contributed by atoms with van der Waals surface area (Å²) in [5.41, 5.74) is 47.6. The summed E-state index contributed by atoms with van der Waals surface area (Å²) in [4.78, 5) is 70.3. The minimum atomic E-state index is -0.476. The molecular formula is C76H58N8O8. The average molecular weight is 1210 g/mol. The third-order valence-corrected chi connectivity index (χ3v) is 16.5. The summed E-state index contributed by atoms with van der Waals surface area (Å²) in [6, 6.07) is 59.5. The van der Waals surface area contributed by atoms with Crippen molar-refractivity contribution in [3.63, 3.8) is 0 Å². The Morgan fingerprint density at radius 2 is 0.511 bits per heavy atom. The molecule has 92 heavy (non-hydrogen) atoms. The normalized spacial score (nSPS) is 11.5. The summed E-state index contributed by atoms with van der Waals surface area (Å²) >= 11 is 0. The van der Waals surface area contributed by atoms with E-state index in [1.54, 1.807) is 72.8 Å². The fourth-order valence-corrected chi connectivity index (χ4v) is 11.9. The third kappa shape index (κ3) is 10.9. The number of hydrogen-bond acceptors (Lipinski definition) is 14. The predicted octanol–water partition coefficient (Wildman–Crippen LogP) is 15.5. The van der Waals surface area contributed by atoms with Crippen molar-refractivity contribution in [2.24, 2.45) is 0 Å². The number of esters is 4. The summed E-state index contributed by atoms with van der Waals surface area (Å²) in [5.74, 6) is -1.91. The van der Waals surface area contributed by atoms with Gasteiger partial charge in [0, 0.05) is 89.3 Å². The van der Waals surface area contributed by atoms with Crippen LogP contribution in [-0.4, -0.2) is 72.3 Å². The lowest BCUT2D eigenvalue weighted by Crippen LogP contribution is -2.01. The molecule has 2 aliphatic rings. The molecule has 3 aromatic heterocycles. The van der Waals surface area contributed by atoms with E-state index in [2.05, 4.69) is 9.97 Å². The van der Waals surface area contributed by atoms with Crippen LogP contribution in [0.15, 0.2) is 194 Å². The first-order chi connectivity index (χ1) is 44.7. The van der Waals surface area contributed by atoms with E-state index in [-0.39, 0.29) is 0 Å². The maximum atomic E-state index is 12.9. The molecule has 2 aliphatic heterocycles. The van der Waals surface area contributed by atoms with Gasteiger partial charge in [-0.05, 0) is 190 Å². The zero-order chi connectivity index (χ0) is 63.9. The van der Waals surface area contributed by atoms with Gasteiger partial charge in [-0.15, -0.1) is 0 Å². The van der Waals surface area contributed by atoms with E-state index < -0.39 is 23.9 Å². The van der Waals surface area contributed by atoms with Crippen LogP contribution < -0.4 is 22.9 Å². The number of rotatable bonds is 12. The molecule has 0 spiro atoms. The van der Waals surface area contributed by atoms with Crippen LogP contribution in [0.3, 0.4) is 0 Å². The number of aromatic amines is 2. The fourth-order valence-electron chi connectivity index (χ4n) is 11.9. The number of methoxy groups -OCH3 is 4. The van der Waals surface area contributed by atoms with Crippen molar-refractivity contribution in [1.82, 2.24) is 19.9 Å². The topological polar surface area (TPSA) is 267 Å². The summed E-state index contributed by atoms with van der Waals surface area (Å²) in [5, 5.41) is 0. The molecule has 8 aromatic carbocycles. The van der Waals surface area contributed by atoms with Crippen molar-refractivity contribution in [3.8, 4) is 89.0 Å². The van der Waals surface area contributed by atoms with Crippen molar-refractivity contribution < 1.29 is 38.1 Å². The Bertz CT molecular complexity index is 4530. The van der Waals surface area contributed by atoms with Gasteiger partial charge in [-0.25, -0.2) is 29.1 Å². The fraction of sp³-hybridized carbons (Fsp3) is 0.0526. The van der Waals surface area contributed by atoms with E-state index in [4.69, 9.17) is 51.9 Å². The highest BCUT2D eigenvalue weighted by atomic mass is 16.5. The van der Waals surface area contributed by atoms with Crippen LogP contribution in [0.4, 0.5) is 22.7 Å². The number of nitrogens with one attached hydrogen (secondary N) is 2. The molecule has 10 N–H and O–H groups in total. The molecule has 16 heteroatoms. The summed E-state index contributed by atoms with van der Waals surface area (Å²) in [6.07, 6.45) is 7.76. The lowest BCUT2D eigenvalue weighted by molar-refractivity contribution is 0.0592. The smallest absolute Gasteiger partial charge is 0.337 e. The van der Waals surface area contributed by atoms with Crippen LogP contribution in [0, 0.1) is 0 Å². The Balaban J connectivity index is 1.16. The van der Waals surface area contributed by atoms with E-state index in [1.807, 2.05) is 146 Å². The van der Waals surface area contributed by atoms with E-state index in [9.17, 15) is 19.2 Å². The maximum absolute atomic E-state index is 12.9. The van der Waals surface area contributed by atoms with Gasteiger partial charge in [-0.2, -0.15) is 0 Å². The molecule has 16 nitrogen and oxygen atoms in total. The van der Waals surface area contributed by atoms with Gasteiger partial charge in [-0.1, -0.05) is 72.8 Å². The minimum absolute atomic E-state index is 0.378. The van der Waals surface area contributed by atoms with E-state index in [0.717, 1.165) is 44.5 Å². The first-order valence-corrected chi connectivity index (χ1v) is 29.2. The third-order valence-electron chi connectivity index (χ3n) is 16.5. The first kappa shape index (κ1) is 58.5. The molecule has 11 aromatic rings. The van der Waals surface area contributed by atoms with E-state index in [0.29, 0.717) is 134 Å². The standard InChI is InChI=1S/C76H58N8O8/c1-89-73(85)49-13-5-9-41(33-49)45-17-21-57(77)53(37-45)69-61-25-27-63(81-61)70(54-38-46(18-22-58(54)78)42-10-6-14-50(34-42)74(86)90-2)65-29-31-67(83-65)72(56-40-48(20-24-60(56)80)44-12-8-16-52(36-44)76(88)92-4)68-32-30-66(84-68)71(64-28-26-62(69)82-64)55-39-47(19-23-59(55)79)43-11-7-15-51(35-43)75(87)91-3/h5-40,81,84H,77-80H2,1-4H3. The molecule has 5 heterocycles. The molecule has 0 radical (unpaired) electrons. The second-order valence-electron chi connectivity index (χ2n) is 22.0. The quantitative estimate of drug-likeness (QED) is 0.0377. The van der Waals surface area contributed by atoms with Gasteiger partial charge in [-0.3, -0.25) is 0 Å². The Kier molecular flexibility index (Phi) is 15.4. The Hall–Kier alpha value is -12.6. The summed E-state index contributed by atoms with van der Waals surface area (Å²) in [7, 11) is 5.38. The number of carbonyl (C=O) groups is 4. The second-order valence-corrected chi connectivity index (χ2v) is 22.0. The van der Waals surface area contributed by atoms with E-state index >= 15 is 0 Å². The maximum Gasteiger partial charge on any atom is 0.337 e. The van der Waals surface area contributed by atoms with Crippen LogP contribution in [0.2, 0.25) is 0 Å². The molecule has 0 amide bonds. The highest BCUT2D eigenvalue weighted by Gasteiger charge is 2.24. The van der Waals surface area contributed by atoms with Gasteiger partial charge in [0.2, 0.25) is 0 Å². The molecule has 450 valence electrons. The summed E-state index contributed by atoms with van der Waals surface area (Å²) in [6.45, 7) is 0. The number of ether oxygens (including phenoxy) is 4. The number of benzene rings is 8. The lowest BCUT2D eigenvalue weighted by Gasteiger charge is -2.13. The van der Waals surface area contributed by atoms with Crippen LogP contribution >= 0.6 is 0 Å². The van der Waals surface area contributed by atoms with Crippen molar-refractivity contribution in [2.45, 2.75) is 0 Å². The van der Waals surface area contributed by atoms with Crippen LogP contribution in [0.1, 0.15) is 64.2 Å². The Morgan fingerprint density at radius 1 is 0.293 bits per heavy atom. The lowest BCUT2D eigenvalue weighted by atomic mass is 9.95. The molecule has 0 unspecified atom stereocenters. The van der Waals surface area contributed by atoms with Crippen LogP contribution in [-0.2, 0) is 18.9 Å². The Labute approximate surface area is 528 Å². The van der Waals surface area contributed by atoms with Gasteiger partial charge in [0.05, 0.1) is 73.5 Å². The highest BCUT2D eigenvalue weighted by Crippen LogP contribution is 2.45. The SMILES string of the molecule is COC(=O)c1cccc(-c2ccc(N)c(-c3c4nc(c(-c5cc(-c6cccc(C(=O)OC)c6)ccc5N)c5ccc([nH]5)c(-c5cc(-c6cccc(C(=O)OC)c6)ccc5N)c5nc(c(-c6cc(-c7cccc(C(=O)OC)c7)ccc6N)c6ccc3[nH]6)C=C5)C=C4)c2)c1. The highest BCUT2D eigenvalue weighted by molar-refractivity contribution is 6.05. The molecule has 0 atom stereocenters. The number of hydrogen-bond donors (Lipinski definition) is 6. The number of nitrogens with zero attached hydrogens (tertiary/aromatic N) is 2. The molecule has 0 aliphatic carbocycles. The van der Waals surface area contributed by atoms with Gasteiger partial charge in [0.25, 0.3) is 0 Å². The molecule has 0 fully saturated rings. The van der Waals surface area contributed by atoms with Crippen molar-refractivity contribution in [2.75, 3.05) is 51.4 Å². The van der Waals surface area contributed by atoms with Gasteiger partial charge >= 0.3 is 23.9 Å². The molecular weight excluding hydrogens is 1150 g/mol. The predicted molar refractivity (Wildman–Crippen MR) is 365 cm³/mol. The van der Waals surface area contributed by atoms with Gasteiger partial charge in [0.15, 0.2) is 0 Å². The largest absolute Gasteiger partial charge is 0.465 e. The van der Waals surface area contributed by atoms with Gasteiger partial charge in [0.1, 0.15) is 0 Å².